The number of unbranched alkanes of at least 4 members (excludes halogenated alkanes) is 6. The summed E-state index contributed by atoms with van der Waals surface area (Å²) in [5.74, 6) is 0. The van der Waals surface area contributed by atoms with Gasteiger partial charge in [-0.2, -0.15) is 0 Å². The Kier molecular flexibility index (Phi) is 32.6. The zero-order valence-corrected chi connectivity index (χ0v) is 47.9. The molecule has 0 rings (SSSR count). The summed E-state index contributed by atoms with van der Waals surface area (Å²) in [5, 5.41) is 42.1. The van der Waals surface area contributed by atoms with Crippen molar-refractivity contribution in [2.24, 2.45) is 0 Å². The van der Waals surface area contributed by atoms with Gasteiger partial charge in [0, 0.05) is 19.6 Å². The first-order valence-electron chi connectivity index (χ1n) is 25.6. The summed E-state index contributed by atoms with van der Waals surface area (Å²) in [7, 11) is 22.6. The van der Waals surface area contributed by atoms with Gasteiger partial charge in [0.15, 0.2) is 16.6 Å². The van der Waals surface area contributed by atoms with E-state index in [-0.39, 0.29) is 0 Å². The highest BCUT2D eigenvalue weighted by Crippen LogP contribution is 2.24. The molecule has 0 heterocycles. The SMILES string of the molecule is C[N+](C)(C)CCCCCC[N+](C)(C)CC(O)COCCOCC(O)CC[N+](C)(C)CCCCCC[N+](C)(C)CC(O)COCCC[Si](C)(C)O[Si](C)(C)CCCOCC(O)C[N+](C)(C)C. The molecule has 0 spiro atoms. The first-order chi connectivity index (χ1) is 29.8. The van der Waals surface area contributed by atoms with Crippen molar-refractivity contribution in [2.75, 3.05) is 190 Å². The minimum Gasteiger partial charge on any atom is -0.455 e. The topological polar surface area (TPSA) is 127 Å². The highest BCUT2D eigenvalue weighted by atomic mass is 28.4. The molecule has 0 saturated carbocycles. The van der Waals surface area contributed by atoms with Gasteiger partial charge in [0.1, 0.15) is 37.9 Å². The highest BCUT2D eigenvalue weighted by Gasteiger charge is 2.32. The number of aliphatic hydroxyl groups excluding tert-OH is 4. The van der Waals surface area contributed by atoms with Gasteiger partial charge in [0.2, 0.25) is 0 Å². The Balaban J connectivity index is 4.05. The first-order valence-corrected chi connectivity index (χ1v) is 31.9. The van der Waals surface area contributed by atoms with Crippen LogP contribution >= 0.6 is 0 Å². The number of hydrogen-bond donors (Lipinski definition) is 4. The molecule has 0 bridgehead atoms. The lowest BCUT2D eigenvalue weighted by molar-refractivity contribution is -0.893. The third-order valence-corrected chi connectivity index (χ3v) is 19.7. The van der Waals surface area contributed by atoms with Crippen LogP contribution in [0.4, 0.5) is 0 Å². The molecule has 16 heteroatoms. The van der Waals surface area contributed by atoms with Gasteiger partial charge in [-0.05, 0) is 102 Å². The van der Waals surface area contributed by atoms with E-state index < -0.39 is 41.1 Å². The van der Waals surface area contributed by atoms with Gasteiger partial charge >= 0.3 is 0 Å². The maximum Gasteiger partial charge on any atom is 0.173 e. The lowest BCUT2D eigenvalue weighted by atomic mass is 10.1. The average molecular weight is 974 g/mol. The fraction of sp³-hybridized carbons (Fsp3) is 1.00. The van der Waals surface area contributed by atoms with E-state index in [1.54, 1.807) is 0 Å². The standard InChI is InChI=1S/C49H114N5O9Si2/c1-50(2,3)28-21-17-18-23-30-54(11,12)41-49(58)45-62-36-35-61-42-46(55)27-32-52(7,8)29-22-19-20-24-31-53(9,10)40-48(57)44-60-34-26-38-65(15,16)63-64(13,14)37-25-33-59-43-47(56)39-51(4,5)6/h46-49,55-58H,17-45H2,1-16H3/q+5. The van der Waals surface area contributed by atoms with Crippen molar-refractivity contribution >= 4 is 16.6 Å². The number of hydrogen-bond acceptors (Lipinski definition) is 9. The largest absolute Gasteiger partial charge is 0.455 e. The van der Waals surface area contributed by atoms with Crippen molar-refractivity contribution in [3.05, 3.63) is 0 Å². The van der Waals surface area contributed by atoms with Crippen molar-refractivity contribution in [1.29, 1.82) is 0 Å². The van der Waals surface area contributed by atoms with E-state index in [1.165, 1.54) is 45.1 Å². The van der Waals surface area contributed by atoms with E-state index in [4.69, 9.17) is 23.1 Å². The van der Waals surface area contributed by atoms with E-state index in [2.05, 4.69) is 111 Å². The molecule has 4 N–H and O–H groups in total. The summed E-state index contributed by atoms with van der Waals surface area (Å²) in [6.45, 7) is 20.1. The summed E-state index contributed by atoms with van der Waals surface area (Å²) in [6, 6.07) is 2.10. The average Bonchev–Trinajstić information content (AvgIpc) is 3.12. The number of nitrogens with zero attached hydrogens (tertiary/aromatic N) is 5. The Bertz CT molecular complexity index is 1170. The van der Waals surface area contributed by atoms with Gasteiger partial charge in [-0.25, -0.2) is 0 Å². The quantitative estimate of drug-likeness (QED) is 0.0386. The van der Waals surface area contributed by atoms with Crippen molar-refractivity contribution < 1.29 is 65.9 Å². The molecule has 0 aromatic carbocycles. The van der Waals surface area contributed by atoms with Gasteiger partial charge in [0.05, 0.1) is 163 Å². The van der Waals surface area contributed by atoms with Gasteiger partial charge < -0.3 is 65.9 Å². The fourth-order valence-electron chi connectivity index (χ4n) is 8.77. The molecule has 0 saturated heterocycles. The summed E-state index contributed by atoms with van der Waals surface area (Å²) in [6.07, 6.45) is 10.3. The van der Waals surface area contributed by atoms with E-state index in [9.17, 15) is 20.4 Å². The molecule has 14 nitrogen and oxygen atoms in total. The van der Waals surface area contributed by atoms with Gasteiger partial charge in [-0.15, -0.1) is 0 Å². The van der Waals surface area contributed by atoms with E-state index in [0.29, 0.717) is 78.9 Å². The number of aliphatic hydroxyl groups is 4. The third kappa shape index (κ3) is 42.5. The molecule has 0 aliphatic rings. The van der Waals surface area contributed by atoms with Crippen LogP contribution in [-0.2, 0) is 23.1 Å². The van der Waals surface area contributed by atoms with Crippen LogP contribution < -0.4 is 0 Å². The Hall–Kier alpha value is -0.126. The van der Waals surface area contributed by atoms with Crippen LogP contribution in [-0.4, -0.2) is 274 Å². The van der Waals surface area contributed by atoms with Crippen LogP contribution in [0.2, 0.25) is 38.3 Å². The Labute approximate surface area is 404 Å². The Morgan fingerprint density at radius 1 is 0.354 bits per heavy atom. The summed E-state index contributed by atoms with van der Waals surface area (Å²) in [5.41, 5.74) is 0. The van der Waals surface area contributed by atoms with E-state index in [1.807, 2.05) is 0 Å². The molecule has 0 aliphatic carbocycles. The van der Waals surface area contributed by atoms with Gasteiger partial charge in [-0.1, -0.05) is 0 Å². The number of rotatable bonds is 44. The van der Waals surface area contributed by atoms with Crippen molar-refractivity contribution in [3.63, 3.8) is 0 Å². The summed E-state index contributed by atoms with van der Waals surface area (Å²) in [4.78, 5) is 0. The van der Waals surface area contributed by atoms with Crippen molar-refractivity contribution in [2.45, 2.75) is 133 Å². The molecular weight excluding hydrogens is 859 g/mol. The van der Waals surface area contributed by atoms with Gasteiger partial charge in [-0.3, -0.25) is 0 Å². The predicted octanol–water partition coefficient (Wildman–Crippen LogP) is 4.86. The fourth-order valence-corrected chi connectivity index (χ4v) is 17.6. The molecule has 4 unspecified atom stereocenters. The maximum atomic E-state index is 10.8. The molecular formula is C49H114N5O9Si2+5. The number of quaternary nitrogens is 5. The molecule has 0 amide bonds. The lowest BCUT2D eigenvalue weighted by Crippen LogP contribution is -2.47. The van der Waals surface area contributed by atoms with E-state index >= 15 is 0 Å². The second-order valence-electron chi connectivity index (χ2n) is 24.9. The van der Waals surface area contributed by atoms with Crippen molar-refractivity contribution in [1.82, 2.24) is 0 Å². The summed E-state index contributed by atoms with van der Waals surface area (Å²) < 4.78 is 34.1. The second kappa shape index (κ2) is 32.7. The third-order valence-electron chi connectivity index (χ3n) is 12.2. The van der Waals surface area contributed by atoms with Crippen LogP contribution in [0.25, 0.3) is 0 Å². The molecule has 65 heavy (non-hydrogen) atoms. The Morgan fingerprint density at radius 2 is 0.692 bits per heavy atom. The molecule has 392 valence electrons. The minimum atomic E-state index is -1.83. The molecule has 0 aromatic heterocycles. The van der Waals surface area contributed by atoms with Crippen LogP contribution in [0.1, 0.15) is 70.6 Å². The van der Waals surface area contributed by atoms with Gasteiger partial charge in [0.25, 0.3) is 0 Å². The zero-order chi connectivity index (χ0) is 49.9. The van der Waals surface area contributed by atoms with Crippen LogP contribution in [0, 0.1) is 0 Å². The number of likely N-dealkylation sites (N-methyl/N-ethyl adjacent to an activating group) is 3. The summed E-state index contributed by atoms with van der Waals surface area (Å²) >= 11 is 0. The van der Waals surface area contributed by atoms with Crippen LogP contribution in [0.15, 0.2) is 0 Å². The predicted molar refractivity (Wildman–Crippen MR) is 275 cm³/mol. The first kappa shape index (κ1) is 64.9. The molecule has 0 aliphatic heterocycles. The smallest absolute Gasteiger partial charge is 0.173 e. The van der Waals surface area contributed by atoms with E-state index in [0.717, 1.165) is 86.4 Å². The molecule has 4 atom stereocenters. The monoisotopic (exact) mass is 973 g/mol. The molecule has 0 fully saturated rings. The minimum absolute atomic E-state index is 0.304. The normalized spacial score (nSPS) is 15.7. The molecule has 0 aromatic rings. The van der Waals surface area contributed by atoms with Crippen molar-refractivity contribution in [3.8, 4) is 0 Å². The number of ether oxygens (including phenoxy) is 4. The van der Waals surface area contributed by atoms with Crippen LogP contribution in [0.3, 0.4) is 0 Å². The maximum absolute atomic E-state index is 10.8. The molecule has 0 radical (unpaired) electrons. The zero-order valence-electron chi connectivity index (χ0n) is 45.9. The lowest BCUT2D eigenvalue weighted by Gasteiger charge is -2.34. The second-order valence-corrected chi connectivity index (χ2v) is 33.8. The van der Waals surface area contributed by atoms with Crippen LogP contribution in [0.5, 0.6) is 0 Å². The highest BCUT2D eigenvalue weighted by molar-refractivity contribution is 6.84. The Morgan fingerprint density at radius 3 is 1.08 bits per heavy atom.